The van der Waals surface area contributed by atoms with E-state index in [1.165, 1.54) is 17.0 Å². The van der Waals surface area contributed by atoms with Gasteiger partial charge in [0.05, 0.1) is 28.4 Å². The highest BCUT2D eigenvalue weighted by atomic mass is 35.5. The Kier molecular flexibility index (Phi) is 9.22. The van der Waals surface area contributed by atoms with Crippen LogP contribution >= 0.6 is 11.6 Å². The number of hydrogen-bond acceptors (Lipinski definition) is 10. The summed E-state index contributed by atoms with van der Waals surface area (Å²) in [5, 5.41) is 11.9. The molecule has 2 aliphatic carbocycles. The van der Waals surface area contributed by atoms with Crippen molar-refractivity contribution in [1.82, 2.24) is 29.7 Å². The maximum absolute atomic E-state index is 13.7. The summed E-state index contributed by atoms with van der Waals surface area (Å²) in [7, 11) is 0. The lowest BCUT2D eigenvalue weighted by atomic mass is 9.49. The van der Waals surface area contributed by atoms with Gasteiger partial charge < -0.3 is 14.5 Å². The molecule has 2 saturated heterocycles. The maximum Gasteiger partial charge on any atom is 0.256 e. The number of ether oxygens (including phenoxy) is 1. The van der Waals surface area contributed by atoms with Crippen molar-refractivity contribution in [3.8, 4) is 23.7 Å². The molecule has 2 saturated carbocycles. The van der Waals surface area contributed by atoms with Crippen LogP contribution in [0, 0.1) is 39.9 Å². The normalized spacial score (nSPS) is 26.8. The quantitative estimate of drug-likeness (QED) is 0.289. The molecule has 1 atom stereocenters. The number of aromatic nitrogens is 3. The van der Waals surface area contributed by atoms with E-state index in [1.807, 2.05) is 17.0 Å². The summed E-state index contributed by atoms with van der Waals surface area (Å²) in [5.74, 6) is 7.36. The summed E-state index contributed by atoms with van der Waals surface area (Å²) in [5.41, 5.74) is 1.41. The van der Waals surface area contributed by atoms with Crippen molar-refractivity contribution < 1.29 is 19.1 Å². The largest absolute Gasteiger partial charge is 0.489 e. The van der Waals surface area contributed by atoms with Crippen molar-refractivity contribution >= 4 is 35.1 Å². The van der Waals surface area contributed by atoms with Gasteiger partial charge in [-0.2, -0.15) is 5.26 Å². The molecule has 3 amide bonds. The Balaban J connectivity index is 0.837. The molecule has 0 radical (unpaired) electrons. The Morgan fingerprint density at radius 2 is 1.73 bits per heavy atom. The van der Waals surface area contributed by atoms with Gasteiger partial charge in [-0.15, -0.1) is 0 Å². The van der Waals surface area contributed by atoms with Crippen LogP contribution in [-0.2, 0) is 16.1 Å². The van der Waals surface area contributed by atoms with E-state index in [9.17, 15) is 24.4 Å². The third-order valence-electron chi connectivity index (χ3n) is 12.2. The van der Waals surface area contributed by atoms with Crippen molar-refractivity contribution in [3.63, 3.8) is 0 Å². The summed E-state index contributed by atoms with van der Waals surface area (Å²) in [4.78, 5) is 66.2. The fourth-order valence-electron chi connectivity index (χ4n) is 9.74. The molecule has 5 heterocycles. The second-order valence-corrected chi connectivity index (χ2v) is 16.9. The molecule has 1 aromatic carbocycles. The van der Waals surface area contributed by atoms with Crippen LogP contribution in [-0.4, -0.2) is 86.4 Å². The Morgan fingerprint density at radius 1 is 0.982 bits per heavy atom. The van der Waals surface area contributed by atoms with Gasteiger partial charge in [0, 0.05) is 73.6 Å². The standard InChI is InChI=1S/C41H43ClN8O5/c1-40(2)38(41(3,4)39(40)55-28-9-6-25(21-43)30(42)19-28)49-22-31-29(37(49)54)10-8-26(45-31)7-5-24-17-27(18-24)47-13-15-48(16-14-47)33-20-35(52)50(23-44-33)32-11-12-34(51)46-36(32)53/h6,8-10,19-20,23-24,27,32,38-39H,11-18,22H2,1-4H3,(H,46,51,53). The van der Waals surface area contributed by atoms with E-state index in [0.717, 1.165) is 44.7 Å². The number of halogens is 1. The van der Waals surface area contributed by atoms with Gasteiger partial charge in [-0.3, -0.25) is 34.0 Å². The molecular formula is C41H43ClN8O5. The second kappa shape index (κ2) is 13.8. The highest BCUT2D eigenvalue weighted by molar-refractivity contribution is 6.31. The van der Waals surface area contributed by atoms with Crippen molar-refractivity contribution in [2.24, 2.45) is 16.7 Å². The highest BCUT2D eigenvalue weighted by Gasteiger charge is 2.67. The molecule has 1 N–H and O–H groups in total. The number of pyridine rings is 1. The van der Waals surface area contributed by atoms with E-state index < -0.39 is 11.9 Å². The van der Waals surface area contributed by atoms with Crippen molar-refractivity contribution in [1.29, 1.82) is 5.26 Å². The van der Waals surface area contributed by atoms with Gasteiger partial charge in [0.2, 0.25) is 11.8 Å². The van der Waals surface area contributed by atoms with E-state index in [-0.39, 0.29) is 59.1 Å². The first kappa shape index (κ1) is 36.7. The Labute approximate surface area is 324 Å². The Hall–Kier alpha value is -5.24. The minimum Gasteiger partial charge on any atom is -0.489 e. The number of hydrogen-bond donors (Lipinski definition) is 1. The number of fused-ring (bicyclic) bond motifs is 1. The van der Waals surface area contributed by atoms with E-state index in [0.29, 0.717) is 46.0 Å². The number of rotatable bonds is 6. The number of nitrogens with zero attached hydrogens (tertiary/aromatic N) is 7. The first-order valence-electron chi connectivity index (χ1n) is 18.8. The zero-order valence-electron chi connectivity index (χ0n) is 31.3. The highest BCUT2D eigenvalue weighted by Crippen LogP contribution is 2.59. The van der Waals surface area contributed by atoms with Crippen LogP contribution in [0.1, 0.15) is 86.7 Å². The SMILES string of the molecule is CC1(C)C(Oc2ccc(C#N)c(Cl)c2)C(C)(C)C1N1Cc2nc(C#CC3CC(N4CCN(c5cc(=O)n(C6CCC(=O)NC6=O)cn5)CC4)C3)ccc2C1=O. The molecule has 2 aromatic heterocycles. The summed E-state index contributed by atoms with van der Waals surface area (Å²) < 4.78 is 7.76. The van der Waals surface area contributed by atoms with Crippen LogP contribution in [0.25, 0.3) is 0 Å². The topological polar surface area (TPSA) is 154 Å². The van der Waals surface area contributed by atoms with E-state index in [4.69, 9.17) is 21.3 Å². The number of imide groups is 1. The molecule has 8 rings (SSSR count). The molecule has 55 heavy (non-hydrogen) atoms. The van der Waals surface area contributed by atoms with Gasteiger partial charge >= 0.3 is 0 Å². The van der Waals surface area contributed by atoms with Crippen LogP contribution in [0.15, 0.2) is 47.5 Å². The zero-order chi connectivity index (χ0) is 38.8. The molecule has 1 unspecified atom stereocenters. The average molecular weight is 763 g/mol. The molecule has 4 fully saturated rings. The Morgan fingerprint density at radius 3 is 2.40 bits per heavy atom. The number of benzene rings is 1. The number of carbonyl (C=O) groups excluding carboxylic acids is 3. The molecular weight excluding hydrogens is 720 g/mol. The van der Waals surface area contributed by atoms with Crippen molar-refractivity contribution in [2.45, 2.75) is 84.2 Å². The van der Waals surface area contributed by atoms with Gasteiger partial charge in [-0.25, -0.2) is 9.97 Å². The van der Waals surface area contributed by atoms with Crippen LogP contribution in [0.2, 0.25) is 5.02 Å². The summed E-state index contributed by atoms with van der Waals surface area (Å²) in [6, 6.07) is 12.0. The minimum absolute atomic E-state index is 0.0256. The average Bonchev–Trinajstić information content (AvgIpc) is 3.44. The van der Waals surface area contributed by atoms with Gasteiger partial charge in [0.15, 0.2) is 0 Å². The predicted octanol–water partition coefficient (Wildman–Crippen LogP) is 3.93. The predicted molar refractivity (Wildman–Crippen MR) is 203 cm³/mol. The van der Waals surface area contributed by atoms with Gasteiger partial charge in [-0.05, 0) is 49.4 Å². The molecule has 13 nitrogen and oxygen atoms in total. The fraction of sp³-hybridized carbons (Fsp3) is 0.488. The first-order valence-corrected chi connectivity index (χ1v) is 19.2. The third kappa shape index (κ3) is 6.53. The summed E-state index contributed by atoms with van der Waals surface area (Å²) in [6.45, 7) is 12.1. The smallest absolute Gasteiger partial charge is 0.256 e. The number of amides is 3. The molecule has 0 spiro atoms. The number of nitrogens with one attached hydrogen (secondary N) is 1. The van der Waals surface area contributed by atoms with Gasteiger partial charge in [0.1, 0.15) is 41.8 Å². The minimum atomic E-state index is -0.720. The lowest BCUT2D eigenvalue weighted by Crippen LogP contribution is -2.74. The monoisotopic (exact) mass is 762 g/mol. The van der Waals surface area contributed by atoms with E-state index in [2.05, 4.69) is 65.7 Å². The lowest BCUT2D eigenvalue weighted by molar-refractivity contribution is -0.199. The molecule has 5 aliphatic rings. The molecule has 14 heteroatoms. The zero-order valence-corrected chi connectivity index (χ0v) is 32.1. The third-order valence-corrected chi connectivity index (χ3v) is 12.5. The number of piperidine rings is 1. The molecule has 3 aliphatic heterocycles. The molecule has 3 aromatic rings. The summed E-state index contributed by atoms with van der Waals surface area (Å²) in [6.07, 6.45) is 3.67. The number of piperazine rings is 1. The maximum atomic E-state index is 13.7. The number of nitriles is 1. The number of anilines is 1. The van der Waals surface area contributed by atoms with Crippen LogP contribution in [0.5, 0.6) is 5.75 Å². The van der Waals surface area contributed by atoms with Crippen LogP contribution < -0.4 is 20.5 Å². The molecule has 284 valence electrons. The van der Waals surface area contributed by atoms with Crippen molar-refractivity contribution in [2.75, 3.05) is 31.1 Å². The fourth-order valence-corrected chi connectivity index (χ4v) is 9.96. The summed E-state index contributed by atoms with van der Waals surface area (Å²) >= 11 is 6.27. The van der Waals surface area contributed by atoms with Crippen molar-refractivity contribution in [3.05, 3.63) is 80.6 Å². The Bertz CT molecular complexity index is 2240. The first-order chi connectivity index (χ1) is 26.2. The van der Waals surface area contributed by atoms with Gasteiger partial charge in [0.25, 0.3) is 11.5 Å². The second-order valence-electron chi connectivity index (χ2n) is 16.5. The van der Waals surface area contributed by atoms with Crippen LogP contribution in [0.4, 0.5) is 5.82 Å². The lowest BCUT2D eigenvalue weighted by Gasteiger charge is -2.65. The number of carbonyl (C=O) groups is 3. The van der Waals surface area contributed by atoms with E-state index >= 15 is 0 Å². The van der Waals surface area contributed by atoms with Crippen LogP contribution in [0.3, 0.4) is 0 Å². The van der Waals surface area contributed by atoms with E-state index in [1.54, 1.807) is 18.2 Å². The van der Waals surface area contributed by atoms with Gasteiger partial charge in [-0.1, -0.05) is 45.2 Å². The molecule has 0 bridgehead atoms.